The Morgan fingerprint density at radius 2 is 1.73 bits per heavy atom. The Morgan fingerprint density at radius 1 is 1.03 bits per heavy atom. The van der Waals surface area contributed by atoms with Gasteiger partial charge in [0, 0.05) is 23.9 Å². The lowest BCUT2D eigenvalue weighted by Gasteiger charge is -2.13. The van der Waals surface area contributed by atoms with E-state index in [2.05, 4.69) is 36.3 Å². The number of amides is 3. The molecule has 7 heteroatoms. The molecule has 4 rings (SSSR count). The van der Waals surface area contributed by atoms with E-state index >= 15 is 0 Å². The van der Waals surface area contributed by atoms with E-state index in [0.29, 0.717) is 22.7 Å². The predicted octanol–water partition coefficient (Wildman–Crippen LogP) is 4.44. The smallest absolute Gasteiger partial charge is 0.261 e. The van der Waals surface area contributed by atoms with Crippen molar-refractivity contribution in [3.63, 3.8) is 0 Å². The molecule has 1 aliphatic rings. The Labute approximate surface area is 178 Å². The minimum atomic E-state index is -0.297. The topological polar surface area (TPSA) is 79.4 Å². The van der Waals surface area contributed by atoms with Gasteiger partial charge in [-0.25, -0.2) is 4.98 Å². The number of carbonyl (C=O) groups is 3. The third-order valence-electron chi connectivity index (χ3n) is 5.22. The van der Waals surface area contributed by atoms with Crippen LogP contribution in [0.4, 0.5) is 5.13 Å². The molecule has 1 aliphatic heterocycles. The van der Waals surface area contributed by atoms with E-state index in [1.54, 1.807) is 24.3 Å². The number of hydrogen-bond acceptors (Lipinski definition) is 5. The van der Waals surface area contributed by atoms with Crippen molar-refractivity contribution >= 4 is 34.2 Å². The molecule has 3 aromatic rings. The van der Waals surface area contributed by atoms with Crippen LogP contribution in [0.1, 0.15) is 44.7 Å². The number of hydrogen-bond donors (Lipinski definition) is 1. The van der Waals surface area contributed by atoms with Crippen LogP contribution in [0.5, 0.6) is 0 Å². The van der Waals surface area contributed by atoms with Gasteiger partial charge in [-0.3, -0.25) is 19.3 Å². The summed E-state index contributed by atoms with van der Waals surface area (Å²) in [6.45, 7) is 4.33. The Bertz CT molecular complexity index is 1120. The first-order chi connectivity index (χ1) is 14.4. The summed E-state index contributed by atoms with van der Waals surface area (Å²) >= 11 is 1.37. The van der Waals surface area contributed by atoms with Crippen LogP contribution in [-0.2, 0) is 4.79 Å². The Balaban J connectivity index is 1.31. The third-order valence-corrected chi connectivity index (χ3v) is 5.97. The van der Waals surface area contributed by atoms with Crippen molar-refractivity contribution in [2.24, 2.45) is 0 Å². The molecule has 6 nitrogen and oxygen atoms in total. The number of carbonyl (C=O) groups excluding carboxylic acids is 3. The SMILES string of the molecule is Cc1ccc(-c2csc(NC(=O)CCCN3C(=O)c4ccccc4C3=O)n2)cc1C. The molecule has 0 saturated carbocycles. The zero-order chi connectivity index (χ0) is 21.3. The molecule has 2 heterocycles. The fourth-order valence-corrected chi connectivity index (χ4v) is 4.12. The van der Waals surface area contributed by atoms with Gasteiger partial charge in [-0.2, -0.15) is 0 Å². The van der Waals surface area contributed by atoms with E-state index in [4.69, 9.17) is 0 Å². The monoisotopic (exact) mass is 419 g/mol. The molecule has 30 heavy (non-hydrogen) atoms. The number of thiazole rings is 1. The first kappa shape index (κ1) is 20.0. The summed E-state index contributed by atoms with van der Waals surface area (Å²) in [7, 11) is 0. The summed E-state index contributed by atoms with van der Waals surface area (Å²) in [6, 6.07) is 12.9. The molecule has 0 saturated heterocycles. The van der Waals surface area contributed by atoms with Gasteiger partial charge in [0.25, 0.3) is 11.8 Å². The number of aromatic nitrogens is 1. The molecule has 0 unspecified atom stereocenters. The molecule has 2 aromatic carbocycles. The normalized spacial score (nSPS) is 12.9. The molecule has 0 fully saturated rings. The standard InChI is InChI=1S/C23H21N3O3S/c1-14-9-10-16(12-15(14)2)19-13-30-23(24-19)25-20(27)8-5-11-26-21(28)17-6-3-4-7-18(17)22(26)29/h3-4,6-7,9-10,12-13H,5,8,11H2,1-2H3,(H,24,25,27). The van der Waals surface area contributed by atoms with Crippen molar-refractivity contribution < 1.29 is 14.4 Å². The van der Waals surface area contributed by atoms with Gasteiger partial charge in [0.2, 0.25) is 5.91 Å². The second-order valence-corrected chi connectivity index (χ2v) is 8.15. The highest BCUT2D eigenvalue weighted by Gasteiger charge is 2.34. The summed E-state index contributed by atoms with van der Waals surface area (Å²) in [5.74, 6) is -0.782. The number of imide groups is 1. The lowest BCUT2D eigenvalue weighted by atomic mass is 10.1. The molecular weight excluding hydrogens is 398 g/mol. The Morgan fingerprint density at radius 3 is 2.40 bits per heavy atom. The van der Waals surface area contributed by atoms with Crippen molar-refractivity contribution in [2.75, 3.05) is 11.9 Å². The Hall–Kier alpha value is -3.32. The first-order valence-corrected chi connectivity index (χ1v) is 10.6. The number of fused-ring (bicyclic) bond motifs is 1. The van der Waals surface area contributed by atoms with E-state index in [0.717, 1.165) is 11.3 Å². The maximum absolute atomic E-state index is 12.4. The molecular formula is C23H21N3O3S. The van der Waals surface area contributed by atoms with Crippen molar-refractivity contribution in [1.29, 1.82) is 0 Å². The minimum Gasteiger partial charge on any atom is -0.302 e. The van der Waals surface area contributed by atoms with Crippen molar-refractivity contribution in [1.82, 2.24) is 9.88 Å². The zero-order valence-electron chi connectivity index (χ0n) is 16.8. The number of anilines is 1. The van der Waals surface area contributed by atoms with E-state index in [9.17, 15) is 14.4 Å². The maximum Gasteiger partial charge on any atom is 0.261 e. The van der Waals surface area contributed by atoms with Crippen LogP contribution in [-0.4, -0.2) is 34.2 Å². The van der Waals surface area contributed by atoms with Crippen molar-refractivity contribution in [3.05, 3.63) is 70.1 Å². The molecule has 1 aromatic heterocycles. The number of rotatable bonds is 6. The van der Waals surface area contributed by atoms with Crippen molar-refractivity contribution in [2.45, 2.75) is 26.7 Å². The van der Waals surface area contributed by atoms with E-state index < -0.39 is 0 Å². The van der Waals surface area contributed by atoms with E-state index in [1.807, 2.05) is 11.4 Å². The first-order valence-electron chi connectivity index (χ1n) is 9.72. The summed E-state index contributed by atoms with van der Waals surface area (Å²) in [4.78, 5) is 42.7. The fourth-order valence-electron chi connectivity index (χ4n) is 3.39. The fraction of sp³-hybridized carbons (Fsp3) is 0.217. The minimum absolute atomic E-state index is 0.187. The highest BCUT2D eigenvalue weighted by atomic mass is 32.1. The molecule has 0 radical (unpaired) electrons. The summed E-state index contributed by atoms with van der Waals surface area (Å²) in [5, 5.41) is 5.25. The number of nitrogens with one attached hydrogen (secondary N) is 1. The van der Waals surface area contributed by atoms with Crippen LogP contribution in [0.2, 0.25) is 0 Å². The average molecular weight is 420 g/mol. The third kappa shape index (κ3) is 3.89. The summed E-state index contributed by atoms with van der Waals surface area (Å²) in [6.07, 6.45) is 0.596. The molecule has 0 atom stereocenters. The molecule has 0 bridgehead atoms. The average Bonchev–Trinajstić information content (AvgIpc) is 3.29. The van der Waals surface area contributed by atoms with Crippen LogP contribution in [0.3, 0.4) is 0 Å². The zero-order valence-corrected chi connectivity index (χ0v) is 17.6. The van der Waals surface area contributed by atoms with Gasteiger partial charge in [-0.05, 0) is 49.6 Å². The molecule has 0 aliphatic carbocycles. The largest absolute Gasteiger partial charge is 0.302 e. The number of aryl methyl sites for hydroxylation is 2. The second kappa shape index (κ2) is 8.20. The van der Waals surface area contributed by atoms with Gasteiger partial charge >= 0.3 is 0 Å². The molecule has 152 valence electrons. The molecule has 3 amide bonds. The van der Waals surface area contributed by atoms with Crippen LogP contribution < -0.4 is 5.32 Å². The number of nitrogens with zero attached hydrogens (tertiary/aromatic N) is 2. The van der Waals surface area contributed by atoms with Crippen molar-refractivity contribution in [3.8, 4) is 11.3 Å². The van der Waals surface area contributed by atoms with E-state index in [-0.39, 0.29) is 30.7 Å². The quantitative estimate of drug-likeness (QED) is 0.599. The second-order valence-electron chi connectivity index (χ2n) is 7.30. The van der Waals surface area contributed by atoms with Crippen LogP contribution in [0.15, 0.2) is 47.8 Å². The van der Waals surface area contributed by atoms with Crippen LogP contribution in [0, 0.1) is 13.8 Å². The van der Waals surface area contributed by atoms with Gasteiger partial charge in [0.05, 0.1) is 16.8 Å². The highest BCUT2D eigenvalue weighted by molar-refractivity contribution is 7.14. The van der Waals surface area contributed by atoms with Gasteiger partial charge in [-0.1, -0.05) is 24.3 Å². The lowest BCUT2D eigenvalue weighted by molar-refractivity contribution is -0.116. The highest BCUT2D eigenvalue weighted by Crippen LogP contribution is 2.27. The lowest BCUT2D eigenvalue weighted by Crippen LogP contribution is -2.31. The molecule has 0 spiro atoms. The van der Waals surface area contributed by atoms with Gasteiger partial charge in [-0.15, -0.1) is 11.3 Å². The Kier molecular flexibility index (Phi) is 5.46. The van der Waals surface area contributed by atoms with Crippen LogP contribution >= 0.6 is 11.3 Å². The van der Waals surface area contributed by atoms with E-state index in [1.165, 1.54) is 27.4 Å². The number of benzene rings is 2. The van der Waals surface area contributed by atoms with Gasteiger partial charge < -0.3 is 5.32 Å². The summed E-state index contributed by atoms with van der Waals surface area (Å²) < 4.78 is 0. The van der Waals surface area contributed by atoms with Crippen LogP contribution in [0.25, 0.3) is 11.3 Å². The molecule has 1 N–H and O–H groups in total. The maximum atomic E-state index is 12.4. The van der Waals surface area contributed by atoms with Gasteiger partial charge in [0.1, 0.15) is 0 Å². The predicted molar refractivity (Wildman–Crippen MR) is 117 cm³/mol. The van der Waals surface area contributed by atoms with Gasteiger partial charge in [0.15, 0.2) is 5.13 Å². The summed E-state index contributed by atoms with van der Waals surface area (Å²) in [5.41, 5.74) is 5.10.